The Bertz CT molecular complexity index is 1030. The molecule has 182 valence electrons. The quantitative estimate of drug-likeness (QED) is 0.221. The van der Waals surface area contributed by atoms with Crippen LogP contribution >= 0.6 is 0 Å². The molecule has 2 atom stereocenters. The van der Waals surface area contributed by atoms with Crippen molar-refractivity contribution in [2.24, 2.45) is 5.41 Å². The van der Waals surface area contributed by atoms with Crippen molar-refractivity contribution in [3.63, 3.8) is 0 Å². The van der Waals surface area contributed by atoms with Crippen LogP contribution in [0.2, 0.25) is 0 Å². The molecule has 0 aliphatic heterocycles. The lowest BCUT2D eigenvalue weighted by molar-refractivity contribution is -0.386. The summed E-state index contributed by atoms with van der Waals surface area (Å²) in [6, 6.07) is 10.7. The molecule has 0 aromatic heterocycles. The summed E-state index contributed by atoms with van der Waals surface area (Å²) in [5, 5.41) is 33.9. The van der Waals surface area contributed by atoms with Crippen LogP contribution in [0.25, 0.3) is 0 Å². The fourth-order valence-electron chi connectivity index (χ4n) is 3.65. The van der Waals surface area contributed by atoms with Crippen molar-refractivity contribution < 1.29 is 34.0 Å². The zero-order valence-electron chi connectivity index (χ0n) is 19.0. The van der Waals surface area contributed by atoms with Crippen LogP contribution < -0.4 is 0 Å². The molecular weight excluding hydrogens is 448 g/mol. The number of nitrogens with zero attached hydrogens (tertiary/aromatic N) is 2. The lowest BCUT2D eigenvalue weighted by Crippen LogP contribution is -2.41. The number of hydrogen-bond donors (Lipinski definition) is 1. The van der Waals surface area contributed by atoms with Crippen molar-refractivity contribution in [3.05, 3.63) is 79.9 Å². The minimum atomic E-state index is -1.86. The van der Waals surface area contributed by atoms with Gasteiger partial charge in [0.2, 0.25) is 0 Å². The summed E-state index contributed by atoms with van der Waals surface area (Å²) in [6.45, 7) is 4.43. The second-order valence-electron chi connectivity index (χ2n) is 7.69. The van der Waals surface area contributed by atoms with Crippen molar-refractivity contribution in [3.8, 4) is 0 Å². The zero-order valence-corrected chi connectivity index (χ0v) is 19.0. The molecule has 11 nitrogen and oxygen atoms in total. The van der Waals surface area contributed by atoms with E-state index in [1.165, 1.54) is 55.5 Å². The molecule has 11 heteroatoms. The molecule has 0 spiro atoms. The Labute approximate surface area is 195 Å². The Kier molecular flexibility index (Phi) is 8.79. The maximum Gasteiger partial charge on any atom is 0.323 e. The molecule has 2 aromatic rings. The van der Waals surface area contributed by atoms with Crippen molar-refractivity contribution in [1.82, 2.24) is 0 Å². The van der Waals surface area contributed by atoms with Crippen LogP contribution in [-0.4, -0.2) is 40.1 Å². The SMILES string of the molecule is CCOC(=O)C(C)(CC(c1ccc([N+](=O)[O-])cc1)C(O)c1ccccc1[N+](=O)[O-])C(=O)OCC. The van der Waals surface area contributed by atoms with Crippen LogP contribution in [0, 0.1) is 25.6 Å². The Balaban J connectivity index is 2.64. The molecule has 2 unspecified atom stereocenters. The van der Waals surface area contributed by atoms with E-state index in [1.807, 2.05) is 0 Å². The van der Waals surface area contributed by atoms with E-state index >= 15 is 0 Å². The highest BCUT2D eigenvalue weighted by atomic mass is 16.6. The van der Waals surface area contributed by atoms with E-state index in [2.05, 4.69) is 0 Å². The number of benzene rings is 2. The first kappa shape index (κ1) is 26.4. The fraction of sp³-hybridized carbons (Fsp3) is 0.391. The van der Waals surface area contributed by atoms with Gasteiger partial charge in [0.1, 0.15) is 0 Å². The van der Waals surface area contributed by atoms with E-state index < -0.39 is 39.2 Å². The monoisotopic (exact) mass is 474 g/mol. The molecule has 2 rings (SSSR count). The predicted octanol–water partition coefficient (Wildman–Crippen LogP) is 3.84. The molecular formula is C23H26N2O9. The normalized spacial score (nSPS) is 12.9. The highest BCUT2D eigenvalue weighted by Crippen LogP contribution is 2.44. The molecule has 2 aromatic carbocycles. The van der Waals surface area contributed by atoms with Gasteiger partial charge in [-0.15, -0.1) is 0 Å². The first-order chi connectivity index (χ1) is 16.1. The van der Waals surface area contributed by atoms with E-state index in [1.54, 1.807) is 13.8 Å². The molecule has 0 saturated heterocycles. The highest BCUT2D eigenvalue weighted by molar-refractivity contribution is 5.99. The summed E-state index contributed by atoms with van der Waals surface area (Å²) < 4.78 is 10.2. The number of nitro groups is 2. The van der Waals surface area contributed by atoms with Gasteiger partial charge in [0, 0.05) is 24.1 Å². The van der Waals surface area contributed by atoms with Crippen molar-refractivity contribution in [2.75, 3.05) is 13.2 Å². The third kappa shape index (κ3) is 5.73. The molecule has 0 bridgehead atoms. The third-order valence-corrected chi connectivity index (χ3v) is 5.45. The molecule has 0 amide bonds. The van der Waals surface area contributed by atoms with Crippen LogP contribution in [-0.2, 0) is 19.1 Å². The number of hydrogen-bond acceptors (Lipinski definition) is 9. The van der Waals surface area contributed by atoms with Gasteiger partial charge in [-0.2, -0.15) is 0 Å². The van der Waals surface area contributed by atoms with Gasteiger partial charge in [-0.05, 0) is 38.8 Å². The number of carbonyl (C=O) groups excluding carboxylic acids is 2. The minimum Gasteiger partial charge on any atom is -0.465 e. The third-order valence-electron chi connectivity index (χ3n) is 5.45. The maximum absolute atomic E-state index is 12.8. The number of carbonyl (C=O) groups is 2. The number of nitro benzene ring substituents is 2. The van der Waals surface area contributed by atoms with E-state index in [9.17, 15) is 34.9 Å². The van der Waals surface area contributed by atoms with Crippen molar-refractivity contribution in [2.45, 2.75) is 39.2 Å². The molecule has 0 aliphatic carbocycles. The van der Waals surface area contributed by atoms with E-state index in [-0.39, 0.29) is 36.6 Å². The van der Waals surface area contributed by atoms with Gasteiger partial charge in [0.25, 0.3) is 11.4 Å². The van der Waals surface area contributed by atoms with Gasteiger partial charge in [0.15, 0.2) is 5.41 Å². The standard InChI is InChI=1S/C23H26N2O9/c1-4-33-21(27)23(3,22(28)34-5-2)14-18(15-10-12-16(13-11-15)24(29)30)20(26)17-8-6-7-9-19(17)25(31)32/h6-13,18,20,26H,4-5,14H2,1-3H3. The molecule has 0 fully saturated rings. The summed E-state index contributed by atoms with van der Waals surface area (Å²) in [4.78, 5) is 47.0. The summed E-state index contributed by atoms with van der Waals surface area (Å²) >= 11 is 0. The average Bonchev–Trinajstić information content (AvgIpc) is 2.82. The van der Waals surface area contributed by atoms with Gasteiger partial charge < -0.3 is 14.6 Å². The van der Waals surface area contributed by atoms with Gasteiger partial charge in [-0.25, -0.2) is 0 Å². The van der Waals surface area contributed by atoms with Crippen LogP contribution in [0.15, 0.2) is 48.5 Å². The van der Waals surface area contributed by atoms with E-state index in [4.69, 9.17) is 9.47 Å². The predicted molar refractivity (Wildman–Crippen MR) is 120 cm³/mol. The van der Waals surface area contributed by atoms with Crippen molar-refractivity contribution >= 4 is 23.3 Å². The topological polar surface area (TPSA) is 159 Å². The summed E-state index contributed by atoms with van der Waals surface area (Å²) in [7, 11) is 0. The molecule has 0 radical (unpaired) electrons. The number of aliphatic hydroxyl groups excluding tert-OH is 1. The summed E-state index contributed by atoms with van der Waals surface area (Å²) in [6.07, 6.45) is -1.87. The Morgan fingerprint density at radius 3 is 1.94 bits per heavy atom. The fourth-order valence-corrected chi connectivity index (χ4v) is 3.65. The highest BCUT2D eigenvalue weighted by Gasteiger charge is 2.48. The number of non-ortho nitro benzene ring substituents is 1. The molecule has 1 N–H and O–H groups in total. The summed E-state index contributed by atoms with van der Waals surface area (Å²) in [5.74, 6) is -2.81. The number of para-hydroxylation sites is 1. The molecule has 0 heterocycles. The first-order valence-corrected chi connectivity index (χ1v) is 10.6. The lowest BCUT2D eigenvalue weighted by atomic mass is 9.74. The zero-order chi connectivity index (χ0) is 25.5. The maximum atomic E-state index is 12.8. The molecule has 34 heavy (non-hydrogen) atoms. The largest absolute Gasteiger partial charge is 0.465 e. The summed E-state index contributed by atoms with van der Waals surface area (Å²) in [5.41, 5.74) is -2.12. The van der Waals surface area contributed by atoms with Crippen LogP contribution in [0.1, 0.15) is 50.3 Å². The number of ether oxygens (including phenoxy) is 2. The average molecular weight is 474 g/mol. The van der Waals surface area contributed by atoms with Gasteiger partial charge in [-0.3, -0.25) is 29.8 Å². The number of rotatable bonds is 11. The minimum absolute atomic E-state index is 0.0112. The smallest absolute Gasteiger partial charge is 0.323 e. The van der Waals surface area contributed by atoms with Crippen LogP contribution in [0.3, 0.4) is 0 Å². The van der Waals surface area contributed by atoms with Gasteiger partial charge >= 0.3 is 11.9 Å². The first-order valence-electron chi connectivity index (χ1n) is 10.6. The Morgan fingerprint density at radius 2 is 1.47 bits per heavy atom. The Morgan fingerprint density at radius 1 is 0.941 bits per heavy atom. The van der Waals surface area contributed by atoms with Gasteiger partial charge in [-0.1, -0.05) is 24.3 Å². The number of esters is 2. The number of aliphatic hydroxyl groups is 1. The van der Waals surface area contributed by atoms with Gasteiger partial charge in [0.05, 0.1) is 34.7 Å². The van der Waals surface area contributed by atoms with Crippen LogP contribution in [0.4, 0.5) is 11.4 Å². The van der Waals surface area contributed by atoms with E-state index in [0.29, 0.717) is 5.56 Å². The van der Waals surface area contributed by atoms with Crippen molar-refractivity contribution in [1.29, 1.82) is 0 Å². The molecule has 0 aliphatic rings. The van der Waals surface area contributed by atoms with Crippen LogP contribution in [0.5, 0.6) is 0 Å². The lowest BCUT2D eigenvalue weighted by Gasteiger charge is -2.32. The van der Waals surface area contributed by atoms with E-state index in [0.717, 1.165) is 0 Å². The Hall–Kier alpha value is -3.86. The second-order valence-corrected chi connectivity index (χ2v) is 7.69. The molecule has 0 saturated carbocycles. The second kappa shape index (κ2) is 11.3.